The van der Waals surface area contributed by atoms with Gasteiger partial charge >= 0.3 is 11.9 Å². The van der Waals surface area contributed by atoms with Crippen LogP contribution in [0.4, 0.5) is 0 Å². The molecule has 1 fully saturated rings. The van der Waals surface area contributed by atoms with E-state index in [-0.39, 0.29) is 24.5 Å². The van der Waals surface area contributed by atoms with Crippen molar-refractivity contribution in [2.24, 2.45) is 17.8 Å². The standard InChI is InChI=1S/C33H62ClNO5/c1-3-5-7-9-11-16-32(37)39-27-31(28-40-33(38)17-12-10-8-6-4-2)15-13-14-22-35(23-24-36)26-30-20-18-29(25-34)19-21-30/h29-31,36H,3-28H2,1-2H3. The molecule has 1 aliphatic carbocycles. The van der Waals surface area contributed by atoms with Crippen LogP contribution >= 0.6 is 11.6 Å². The van der Waals surface area contributed by atoms with E-state index >= 15 is 0 Å². The number of rotatable bonds is 26. The summed E-state index contributed by atoms with van der Waals surface area (Å²) in [4.78, 5) is 27.0. The molecule has 1 saturated carbocycles. The molecule has 0 aromatic heterocycles. The maximum absolute atomic E-state index is 12.3. The Bertz CT molecular complexity index is 582. The van der Waals surface area contributed by atoms with Gasteiger partial charge in [0.05, 0.1) is 19.8 Å². The molecule has 0 spiro atoms. The van der Waals surface area contributed by atoms with E-state index in [0.717, 1.165) is 63.9 Å². The molecule has 0 aromatic carbocycles. The summed E-state index contributed by atoms with van der Waals surface area (Å²) >= 11 is 6.05. The van der Waals surface area contributed by atoms with Crippen LogP contribution < -0.4 is 0 Å². The van der Waals surface area contributed by atoms with E-state index in [0.29, 0.717) is 44.4 Å². The molecule has 0 atom stereocenters. The number of carbonyl (C=O) groups is 2. The average Bonchev–Trinajstić information content (AvgIpc) is 2.96. The summed E-state index contributed by atoms with van der Waals surface area (Å²) in [5.41, 5.74) is 0. The molecule has 0 aromatic rings. The van der Waals surface area contributed by atoms with Gasteiger partial charge in [-0.05, 0) is 69.7 Å². The minimum Gasteiger partial charge on any atom is -0.465 e. The van der Waals surface area contributed by atoms with Crippen molar-refractivity contribution in [1.29, 1.82) is 0 Å². The monoisotopic (exact) mass is 587 g/mol. The summed E-state index contributed by atoms with van der Waals surface area (Å²) in [6.07, 6.45) is 19.8. The van der Waals surface area contributed by atoms with Gasteiger partial charge in [0.15, 0.2) is 0 Å². The molecule has 0 radical (unpaired) electrons. The Labute approximate surface area is 251 Å². The van der Waals surface area contributed by atoms with Gasteiger partial charge in [-0.2, -0.15) is 0 Å². The Morgan fingerprint density at radius 3 is 1.77 bits per heavy atom. The Morgan fingerprint density at radius 2 is 1.27 bits per heavy atom. The van der Waals surface area contributed by atoms with Crippen LogP contribution in [0.2, 0.25) is 0 Å². The Morgan fingerprint density at radius 1 is 0.750 bits per heavy atom. The van der Waals surface area contributed by atoms with Crippen LogP contribution in [-0.2, 0) is 19.1 Å². The van der Waals surface area contributed by atoms with Crippen molar-refractivity contribution in [3.8, 4) is 0 Å². The fourth-order valence-electron chi connectivity index (χ4n) is 5.66. The normalized spacial score (nSPS) is 17.4. The zero-order valence-electron chi connectivity index (χ0n) is 26.0. The first kappa shape index (κ1) is 37.2. The summed E-state index contributed by atoms with van der Waals surface area (Å²) < 4.78 is 11.2. The van der Waals surface area contributed by atoms with Crippen molar-refractivity contribution in [3.63, 3.8) is 0 Å². The predicted octanol–water partition coefficient (Wildman–Crippen LogP) is 7.92. The van der Waals surface area contributed by atoms with Gasteiger partial charge in [0.2, 0.25) is 0 Å². The van der Waals surface area contributed by atoms with Crippen LogP contribution in [-0.4, -0.2) is 67.3 Å². The lowest BCUT2D eigenvalue weighted by molar-refractivity contribution is -0.149. The second-order valence-electron chi connectivity index (χ2n) is 12.1. The van der Waals surface area contributed by atoms with Crippen LogP contribution in [0.1, 0.15) is 136 Å². The molecule has 0 heterocycles. The number of ether oxygens (including phenoxy) is 2. The van der Waals surface area contributed by atoms with E-state index in [9.17, 15) is 14.7 Å². The minimum absolute atomic E-state index is 0.0326. The van der Waals surface area contributed by atoms with E-state index in [1.807, 2.05) is 0 Å². The quantitative estimate of drug-likeness (QED) is 0.0629. The van der Waals surface area contributed by atoms with Crippen LogP contribution in [0.15, 0.2) is 0 Å². The third-order valence-corrected chi connectivity index (χ3v) is 8.82. The molecule has 7 heteroatoms. The van der Waals surface area contributed by atoms with E-state index in [1.165, 1.54) is 64.2 Å². The fourth-order valence-corrected chi connectivity index (χ4v) is 5.97. The van der Waals surface area contributed by atoms with E-state index < -0.39 is 0 Å². The van der Waals surface area contributed by atoms with E-state index in [4.69, 9.17) is 21.1 Å². The molecule has 0 bridgehead atoms. The zero-order valence-corrected chi connectivity index (χ0v) is 26.8. The van der Waals surface area contributed by atoms with E-state index in [1.54, 1.807) is 0 Å². The molecule has 0 amide bonds. The zero-order chi connectivity index (χ0) is 29.3. The largest absolute Gasteiger partial charge is 0.465 e. The topological polar surface area (TPSA) is 76.1 Å². The molecular weight excluding hydrogens is 526 g/mol. The first-order valence-electron chi connectivity index (χ1n) is 16.7. The van der Waals surface area contributed by atoms with Gasteiger partial charge in [0.1, 0.15) is 0 Å². The fraction of sp³-hybridized carbons (Fsp3) is 0.939. The van der Waals surface area contributed by atoms with Crippen molar-refractivity contribution < 1.29 is 24.2 Å². The van der Waals surface area contributed by atoms with Gasteiger partial charge in [-0.3, -0.25) is 9.59 Å². The average molecular weight is 588 g/mol. The van der Waals surface area contributed by atoms with Gasteiger partial charge < -0.3 is 19.5 Å². The minimum atomic E-state index is -0.137. The van der Waals surface area contributed by atoms with Crippen LogP contribution in [0.25, 0.3) is 0 Å². The first-order valence-corrected chi connectivity index (χ1v) is 17.3. The third-order valence-electron chi connectivity index (χ3n) is 8.38. The predicted molar refractivity (Wildman–Crippen MR) is 166 cm³/mol. The highest BCUT2D eigenvalue weighted by Gasteiger charge is 2.22. The first-order chi connectivity index (χ1) is 19.5. The van der Waals surface area contributed by atoms with Crippen LogP contribution in [0, 0.1) is 17.8 Å². The van der Waals surface area contributed by atoms with Gasteiger partial charge in [0.25, 0.3) is 0 Å². The Hall–Kier alpha value is -0.850. The smallest absolute Gasteiger partial charge is 0.305 e. The van der Waals surface area contributed by atoms with Crippen molar-refractivity contribution in [2.45, 2.75) is 136 Å². The number of carbonyl (C=O) groups excluding carboxylic acids is 2. The summed E-state index contributed by atoms with van der Waals surface area (Å²) in [6, 6.07) is 0. The number of unbranched alkanes of at least 4 members (excludes halogenated alkanes) is 9. The number of halogens is 1. The molecule has 40 heavy (non-hydrogen) atoms. The second kappa shape index (κ2) is 25.8. The molecule has 0 unspecified atom stereocenters. The highest BCUT2D eigenvalue weighted by molar-refractivity contribution is 6.18. The van der Waals surface area contributed by atoms with Crippen molar-refractivity contribution in [1.82, 2.24) is 4.90 Å². The van der Waals surface area contributed by atoms with Crippen molar-refractivity contribution in [2.75, 3.05) is 45.3 Å². The SMILES string of the molecule is CCCCCCCC(=O)OCC(CCCCN(CCO)CC1CCC(CCl)CC1)COC(=O)CCCCCCC. The molecule has 6 nitrogen and oxygen atoms in total. The molecule has 1 rings (SSSR count). The second-order valence-corrected chi connectivity index (χ2v) is 12.4. The molecule has 0 aliphatic heterocycles. The highest BCUT2D eigenvalue weighted by Crippen LogP contribution is 2.30. The van der Waals surface area contributed by atoms with Crippen molar-refractivity contribution in [3.05, 3.63) is 0 Å². The summed E-state index contributed by atoms with van der Waals surface area (Å²) in [5, 5.41) is 9.59. The lowest BCUT2D eigenvalue weighted by Crippen LogP contribution is -2.34. The summed E-state index contributed by atoms with van der Waals surface area (Å²) in [6.45, 7) is 7.91. The highest BCUT2D eigenvalue weighted by atomic mass is 35.5. The maximum atomic E-state index is 12.3. The molecular formula is C33H62ClNO5. The Balaban J connectivity index is 2.43. The number of alkyl halides is 1. The number of aliphatic hydroxyl groups is 1. The van der Waals surface area contributed by atoms with Gasteiger partial charge in [-0.25, -0.2) is 0 Å². The van der Waals surface area contributed by atoms with Gasteiger partial charge in [0, 0.05) is 37.7 Å². The van der Waals surface area contributed by atoms with E-state index in [2.05, 4.69) is 18.7 Å². The van der Waals surface area contributed by atoms with Crippen LogP contribution in [0.3, 0.4) is 0 Å². The molecule has 0 saturated heterocycles. The summed E-state index contributed by atoms with van der Waals surface area (Å²) in [5.74, 6) is 1.90. The number of hydrogen-bond donors (Lipinski definition) is 1. The Kier molecular flexibility index (Phi) is 24.0. The molecule has 1 N–H and O–H groups in total. The van der Waals surface area contributed by atoms with Gasteiger partial charge in [-0.1, -0.05) is 71.6 Å². The van der Waals surface area contributed by atoms with Gasteiger partial charge in [-0.15, -0.1) is 11.6 Å². The molecule has 236 valence electrons. The lowest BCUT2D eigenvalue weighted by Gasteiger charge is -2.32. The number of hydrogen-bond acceptors (Lipinski definition) is 6. The summed E-state index contributed by atoms with van der Waals surface area (Å²) in [7, 11) is 0. The lowest BCUT2D eigenvalue weighted by atomic mass is 9.82. The number of esters is 2. The van der Waals surface area contributed by atoms with Crippen LogP contribution in [0.5, 0.6) is 0 Å². The number of nitrogens with zero attached hydrogens (tertiary/aromatic N) is 1. The maximum Gasteiger partial charge on any atom is 0.305 e. The van der Waals surface area contributed by atoms with Crippen molar-refractivity contribution >= 4 is 23.5 Å². The number of aliphatic hydroxyl groups excluding tert-OH is 1. The third kappa shape index (κ3) is 20.1. The molecule has 1 aliphatic rings.